The molecule has 0 N–H and O–H groups in total. The number of methoxy groups -OCH3 is 1. The molecule has 4 aliphatic heterocycles. The van der Waals surface area contributed by atoms with Crippen LogP contribution in [-0.2, 0) is 14.4 Å². The highest BCUT2D eigenvalue weighted by Gasteiger charge is 2.65. The molecule has 8 nitrogen and oxygen atoms in total. The fourth-order valence-electron chi connectivity index (χ4n) is 5.70. The van der Waals surface area contributed by atoms with E-state index in [4.69, 9.17) is 14.2 Å². The Morgan fingerprint density at radius 3 is 2.49 bits per heavy atom. The van der Waals surface area contributed by atoms with Crippen LogP contribution in [0.25, 0.3) is 6.08 Å². The summed E-state index contributed by atoms with van der Waals surface area (Å²) in [6.45, 7) is 5.65. The summed E-state index contributed by atoms with van der Waals surface area (Å²) in [5, 5.41) is 0. The molecule has 4 heterocycles. The highest BCUT2D eigenvalue weighted by molar-refractivity contribution is 6.25. The van der Waals surface area contributed by atoms with Crippen LogP contribution in [0, 0.1) is 17.3 Å². The van der Waals surface area contributed by atoms with E-state index < -0.39 is 29.3 Å². The van der Waals surface area contributed by atoms with Gasteiger partial charge in [0, 0.05) is 22.7 Å². The Balaban J connectivity index is 1.46. The monoisotopic (exact) mass is 474 g/mol. The summed E-state index contributed by atoms with van der Waals surface area (Å²) in [5.41, 5.74) is 1.44. The summed E-state index contributed by atoms with van der Waals surface area (Å²) in [6, 6.07) is 9.49. The van der Waals surface area contributed by atoms with Gasteiger partial charge in [-0.3, -0.25) is 14.4 Å². The Labute approximate surface area is 203 Å². The first kappa shape index (κ1) is 21.7. The van der Waals surface area contributed by atoms with Crippen LogP contribution in [-0.4, -0.2) is 43.6 Å². The third kappa shape index (κ3) is 3.02. The van der Waals surface area contributed by atoms with Gasteiger partial charge in [0.2, 0.25) is 18.6 Å². The number of fused-ring (bicyclic) bond motifs is 6. The molecule has 6 rings (SSSR count). The van der Waals surface area contributed by atoms with Crippen molar-refractivity contribution in [3.8, 4) is 17.2 Å². The van der Waals surface area contributed by atoms with Crippen LogP contribution in [0.4, 0.5) is 11.4 Å². The molecule has 4 atom stereocenters. The third-order valence-corrected chi connectivity index (χ3v) is 7.33. The predicted molar refractivity (Wildman–Crippen MR) is 129 cm³/mol. The number of ether oxygens (including phenoxy) is 3. The summed E-state index contributed by atoms with van der Waals surface area (Å²) in [5.74, 6) is -0.435. The Kier molecular flexibility index (Phi) is 4.55. The standard InChI is InChI=1S/C27H26N2O6/c1-27(2,3)24(30)23-22-21(18-8-5-14-11-16(33-4)7-9-17(14)29(18)23)25(31)28(26(22)32)15-6-10-19-20(12-15)35-13-34-19/h5-12,18,21-23H,13H2,1-4H3/t18?,21-,22-,23+/m0/s1. The van der Waals surface area contributed by atoms with Gasteiger partial charge in [-0.15, -0.1) is 0 Å². The van der Waals surface area contributed by atoms with Crippen LogP contribution < -0.4 is 24.0 Å². The summed E-state index contributed by atoms with van der Waals surface area (Å²) in [7, 11) is 1.60. The molecule has 2 aromatic carbocycles. The van der Waals surface area contributed by atoms with E-state index in [9.17, 15) is 14.4 Å². The van der Waals surface area contributed by atoms with Gasteiger partial charge in [-0.2, -0.15) is 0 Å². The lowest BCUT2D eigenvalue weighted by atomic mass is 9.79. The Bertz CT molecular complexity index is 1310. The molecule has 1 unspecified atom stereocenters. The van der Waals surface area contributed by atoms with Gasteiger partial charge in [-0.05, 0) is 30.3 Å². The SMILES string of the molecule is COc1ccc2c(c1)C=CC1[C@@H]3C(=O)N(c4ccc5c(c4)OCO5)C(=O)[C@@H]3[C@H](C(=O)C(C)(C)C)N21. The van der Waals surface area contributed by atoms with Crippen LogP contribution in [0.2, 0.25) is 0 Å². The topological polar surface area (TPSA) is 85.4 Å². The van der Waals surface area contributed by atoms with Crippen molar-refractivity contribution in [2.45, 2.75) is 32.9 Å². The minimum atomic E-state index is -0.789. The van der Waals surface area contributed by atoms with Crippen LogP contribution in [0.5, 0.6) is 17.2 Å². The van der Waals surface area contributed by atoms with Gasteiger partial charge in [-0.25, -0.2) is 4.90 Å². The fourth-order valence-corrected chi connectivity index (χ4v) is 5.70. The first-order valence-corrected chi connectivity index (χ1v) is 11.7. The number of rotatable bonds is 3. The van der Waals surface area contributed by atoms with E-state index in [1.54, 1.807) is 25.3 Å². The number of anilines is 2. The summed E-state index contributed by atoms with van der Waals surface area (Å²) in [4.78, 5) is 44.8. The number of amides is 2. The van der Waals surface area contributed by atoms with Crippen LogP contribution >= 0.6 is 0 Å². The van der Waals surface area contributed by atoms with E-state index in [1.165, 1.54) is 4.90 Å². The average molecular weight is 475 g/mol. The maximum atomic E-state index is 13.9. The lowest BCUT2D eigenvalue weighted by Gasteiger charge is -2.38. The molecular formula is C27H26N2O6. The number of imide groups is 1. The number of hydrogen-bond acceptors (Lipinski definition) is 7. The molecule has 0 aromatic heterocycles. The molecule has 2 aromatic rings. The summed E-state index contributed by atoms with van der Waals surface area (Å²) in [6.07, 6.45) is 3.88. The molecule has 0 spiro atoms. The number of Topliss-reactive ketones (excluding diaryl/α,β-unsaturated/α-hetero) is 1. The molecule has 0 bridgehead atoms. The molecule has 180 valence electrons. The van der Waals surface area contributed by atoms with Crippen LogP contribution in [0.1, 0.15) is 26.3 Å². The number of ketones is 1. The van der Waals surface area contributed by atoms with E-state index in [0.29, 0.717) is 22.9 Å². The smallest absolute Gasteiger partial charge is 0.240 e. The number of hydrogen-bond donors (Lipinski definition) is 0. The van der Waals surface area contributed by atoms with Gasteiger partial charge in [0.15, 0.2) is 17.3 Å². The zero-order chi connectivity index (χ0) is 24.6. The van der Waals surface area contributed by atoms with E-state index in [0.717, 1.165) is 11.3 Å². The molecule has 2 amide bonds. The lowest BCUT2D eigenvalue weighted by molar-refractivity contribution is -0.132. The van der Waals surface area contributed by atoms with Gasteiger partial charge in [0.05, 0.1) is 30.7 Å². The maximum absolute atomic E-state index is 13.9. The number of carbonyl (C=O) groups is 3. The molecule has 8 heteroatoms. The second-order valence-corrected chi connectivity index (χ2v) is 10.3. The molecule has 35 heavy (non-hydrogen) atoms. The normalized spacial score (nSPS) is 26.1. The van der Waals surface area contributed by atoms with E-state index in [-0.39, 0.29) is 24.4 Å². The van der Waals surface area contributed by atoms with Gasteiger partial charge < -0.3 is 19.1 Å². The third-order valence-electron chi connectivity index (χ3n) is 7.33. The largest absolute Gasteiger partial charge is 0.497 e. The van der Waals surface area contributed by atoms with Crippen molar-refractivity contribution < 1.29 is 28.6 Å². The lowest BCUT2D eigenvalue weighted by Crippen LogP contribution is -2.51. The molecule has 0 radical (unpaired) electrons. The number of carbonyl (C=O) groups excluding carboxylic acids is 3. The van der Waals surface area contributed by atoms with Crippen molar-refractivity contribution in [3.05, 3.63) is 48.0 Å². The van der Waals surface area contributed by atoms with E-state index in [1.807, 2.05) is 56.0 Å². The Morgan fingerprint density at radius 2 is 1.74 bits per heavy atom. The second kappa shape index (κ2) is 7.34. The Hall–Kier alpha value is -3.81. The number of benzene rings is 2. The van der Waals surface area contributed by atoms with Crippen LogP contribution in [0.3, 0.4) is 0 Å². The maximum Gasteiger partial charge on any atom is 0.240 e. The van der Waals surface area contributed by atoms with Crippen molar-refractivity contribution in [1.82, 2.24) is 0 Å². The first-order chi connectivity index (χ1) is 16.7. The molecule has 0 saturated carbocycles. The van der Waals surface area contributed by atoms with Crippen molar-refractivity contribution in [2.24, 2.45) is 17.3 Å². The van der Waals surface area contributed by atoms with Crippen molar-refractivity contribution in [3.63, 3.8) is 0 Å². The molecule has 2 fully saturated rings. The van der Waals surface area contributed by atoms with Gasteiger partial charge in [0.1, 0.15) is 11.8 Å². The minimum Gasteiger partial charge on any atom is -0.497 e. The fraction of sp³-hybridized carbons (Fsp3) is 0.370. The molecule has 4 aliphatic rings. The minimum absolute atomic E-state index is 0.0687. The highest BCUT2D eigenvalue weighted by Crippen LogP contribution is 2.51. The van der Waals surface area contributed by atoms with Gasteiger partial charge in [0.25, 0.3) is 0 Å². The number of nitrogens with zero attached hydrogens (tertiary/aromatic N) is 2. The van der Waals surface area contributed by atoms with Crippen molar-refractivity contribution in [1.29, 1.82) is 0 Å². The zero-order valence-electron chi connectivity index (χ0n) is 20.0. The predicted octanol–water partition coefficient (Wildman–Crippen LogP) is 3.43. The van der Waals surface area contributed by atoms with Crippen molar-refractivity contribution in [2.75, 3.05) is 23.7 Å². The second-order valence-electron chi connectivity index (χ2n) is 10.3. The van der Waals surface area contributed by atoms with Gasteiger partial charge in [-0.1, -0.05) is 32.9 Å². The quantitative estimate of drug-likeness (QED) is 0.630. The average Bonchev–Trinajstić information content (AvgIpc) is 3.50. The van der Waals surface area contributed by atoms with E-state index in [2.05, 4.69) is 0 Å². The molecular weight excluding hydrogens is 448 g/mol. The van der Waals surface area contributed by atoms with Gasteiger partial charge >= 0.3 is 0 Å². The van der Waals surface area contributed by atoms with E-state index >= 15 is 0 Å². The summed E-state index contributed by atoms with van der Waals surface area (Å²) < 4.78 is 16.2. The van der Waals surface area contributed by atoms with Crippen molar-refractivity contribution >= 4 is 35.0 Å². The molecule has 0 aliphatic carbocycles. The first-order valence-electron chi connectivity index (χ1n) is 11.7. The highest BCUT2D eigenvalue weighted by atomic mass is 16.7. The Morgan fingerprint density at radius 1 is 1.00 bits per heavy atom. The van der Waals surface area contributed by atoms with Crippen LogP contribution in [0.15, 0.2) is 42.5 Å². The molecule has 2 saturated heterocycles. The summed E-state index contributed by atoms with van der Waals surface area (Å²) >= 11 is 0. The zero-order valence-corrected chi connectivity index (χ0v) is 20.0.